The first-order valence-corrected chi connectivity index (χ1v) is 6.36. The number of nitro groups is 1. The Kier molecular flexibility index (Phi) is 3.37. The molecule has 0 N–H and O–H groups in total. The van der Waals surface area contributed by atoms with Gasteiger partial charge in [-0.3, -0.25) is 10.1 Å². The zero-order valence-corrected chi connectivity index (χ0v) is 11.0. The van der Waals surface area contributed by atoms with Crippen molar-refractivity contribution in [2.75, 3.05) is 13.2 Å². The average molecular weight is 296 g/mol. The quantitative estimate of drug-likeness (QED) is 0.491. The Morgan fingerprint density at radius 1 is 1.45 bits per heavy atom. The standard InChI is InChI=1S/C12H10ClN3O4/c13-12-8-3-10(16(17)18)11(4-9(8)14-6-15-12)20-7-1-2-19-5-7/h3-4,6-7H,1-2,5H2/t7-/m0/s1. The van der Waals surface area contributed by atoms with Gasteiger partial charge in [-0.15, -0.1) is 0 Å². The van der Waals surface area contributed by atoms with E-state index in [1.54, 1.807) is 0 Å². The molecule has 0 saturated carbocycles. The Bertz CT molecular complexity index is 673. The third-order valence-electron chi connectivity index (χ3n) is 3.05. The Morgan fingerprint density at radius 2 is 2.30 bits per heavy atom. The predicted molar refractivity (Wildman–Crippen MR) is 71.1 cm³/mol. The molecule has 0 radical (unpaired) electrons. The molecule has 0 amide bonds. The largest absolute Gasteiger partial charge is 0.481 e. The van der Waals surface area contributed by atoms with Crippen molar-refractivity contribution in [3.05, 3.63) is 33.7 Å². The SMILES string of the molecule is O=[N+]([O-])c1cc2c(Cl)ncnc2cc1O[C@H]1CCOC1. The molecule has 7 nitrogen and oxygen atoms in total. The van der Waals surface area contributed by atoms with Crippen molar-refractivity contribution in [2.45, 2.75) is 12.5 Å². The minimum atomic E-state index is -0.506. The molecule has 1 aliphatic rings. The molecule has 1 saturated heterocycles. The summed E-state index contributed by atoms with van der Waals surface area (Å²) in [4.78, 5) is 18.5. The maximum absolute atomic E-state index is 11.2. The monoisotopic (exact) mass is 295 g/mol. The van der Waals surface area contributed by atoms with E-state index in [9.17, 15) is 10.1 Å². The number of halogens is 1. The molecule has 1 atom stereocenters. The summed E-state index contributed by atoms with van der Waals surface area (Å²) in [5.41, 5.74) is 0.352. The number of nitro benzene ring substituents is 1. The summed E-state index contributed by atoms with van der Waals surface area (Å²) in [5.74, 6) is 0.174. The molecule has 0 spiro atoms. The first-order valence-electron chi connectivity index (χ1n) is 5.98. The lowest BCUT2D eigenvalue weighted by Crippen LogP contribution is -2.16. The van der Waals surface area contributed by atoms with Crippen molar-refractivity contribution < 1.29 is 14.4 Å². The van der Waals surface area contributed by atoms with Gasteiger partial charge in [-0.2, -0.15) is 0 Å². The number of ether oxygens (including phenoxy) is 2. The predicted octanol–water partition coefficient (Wildman–Crippen LogP) is 2.36. The van der Waals surface area contributed by atoms with E-state index >= 15 is 0 Å². The second kappa shape index (κ2) is 5.18. The number of benzene rings is 1. The van der Waals surface area contributed by atoms with Crippen LogP contribution in [0.25, 0.3) is 10.9 Å². The van der Waals surface area contributed by atoms with E-state index in [-0.39, 0.29) is 22.7 Å². The summed E-state index contributed by atoms with van der Waals surface area (Å²) in [6, 6.07) is 2.85. The highest BCUT2D eigenvalue weighted by Crippen LogP contribution is 2.34. The van der Waals surface area contributed by atoms with Gasteiger partial charge in [0.25, 0.3) is 0 Å². The second-order valence-corrected chi connectivity index (χ2v) is 4.72. The Labute approximate surface area is 118 Å². The normalized spacial score (nSPS) is 18.4. The van der Waals surface area contributed by atoms with Crippen LogP contribution < -0.4 is 4.74 Å². The summed E-state index contributed by atoms with van der Waals surface area (Å²) < 4.78 is 10.8. The summed E-state index contributed by atoms with van der Waals surface area (Å²) in [6.07, 6.45) is 1.84. The van der Waals surface area contributed by atoms with Crippen LogP contribution in [0.3, 0.4) is 0 Å². The van der Waals surface area contributed by atoms with Gasteiger partial charge in [-0.25, -0.2) is 9.97 Å². The highest BCUT2D eigenvalue weighted by molar-refractivity contribution is 6.34. The highest BCUT2D eigenvalue weighted by Gasteiger charge is 2.24. The first-order chi connectivity index (χ1) is 9.65. The summed E-state index contributed by atoms with van der Waals surface area (Å²) in [5, 5.41) is 11.8. The molecule has 1 aromatic heterocycles. The van der Waals surface area contributed by atoms with Crippen LogP contribution in [0.5, 0.6) is 5.75 Å². The van der Waals surface area contributed by atoms with Crippen molar-refractivity contribution >= 4 is 28.2 Å². The van der Waals surface area contributed by atoms with Crippen molar-refractivity contribution in [2.24, 2.45) is 0 Å². The second-order valence-electron chi connectivity index (χ2n) is 4.36. The van der Waals surface area contributed by atoms with Crippen LogP contribution >= 0.6 is 11.6 Å². The topological polar surface area (TPSA) is 87.4 Å². The van der Waals surface area contributed by atoms with E-state index in [0.717, 1.165) is 0 Å². The van der Waals surface area contributed by atoms with Gasteiger partial charge in [-0.1, -0.05) is 11.6 Å². The minimum Gasteiger partial charge on any atom is -0.481 e. The van der Waals surface area contributed by atoms with E-state index < -0.39 is 4.92 Å². The zero-order chi connectivity index (χ0) is 14.1. The van der Waals surface area contributed by atoms with Gasteiger partial charge < -0.3 is 9.47 Å². The third kappa shape index (κ3) is 2.37. The molecule has 20 heavy (non-hydrogen) atoms. The van der Waals surface area contributed by atoms with Crippen LogP contribution in [0.2, 0.25) is 5.15 Å². The number of aromatic nitrogens is 2. The lowest BCUT2D eigenvalue weighted by atomic mass is 10.2. The average Bonchev–Trinajstić information content (AvgIpc) is 2.91. The Hall–Kier alpha value is -1.99. The van der Waals surface area contributed by atoms with Gasteiger partial charge in [-0.05, 0) is 0 Å². The number of hydrogen-bond donors (Lipinski definition) is 0. The van der Waals surface area contributed by atoms with Crippen molar-refractivity contribution in [1.29, 1.82) is 0 Å². The van der Waals surface area contributed by atoms with Crippen molar-refractivity contribution in [3.8, 4) is 5.75 Å². The molecule has 0 aliphatic carbocycles. The van der Waals surface area contributed by atoms with Gasteiger partial charge in [0.1, 0.15) is 17.6 Å². The van der Waals surface area contributed by atoms with Crippen LogP contribution in [0, 0.1) is 10.1 Å². The van der Waals surface area contributed by atoms with Crippen LogP contribution in [0.4, 0.5) is 5.69 Å². The van der Waals surface area contributed by atoms with Crippen LogP contribution in [-0.2, 0) is 4.74 Å². The van der Waals surface area contributed by atoms with Gasteiger partial charge in [0.05, 0.1) is 23.7 Å². The molecule has 3 rings (SSSR count). The fourth-order valence-corrected chi connectivity index (χ4v) is 2.26. The molecular formula is C12H10ClN3O4. The molecule has 2 heterocycles. The van der Waals surface area contributed by atoms with Crippen LogP contribution in [-0.4, -0.2) is 34.2 Å². The van der Waals surface area contributed by atoms with Crippen molar-refractivity contribution in [3.63, 3.8) is 0 Å². The molecule has 8 heteroatoms. The molecule has 1 fully saturated rings. The van der Waals surface area contributed by atoms with Gasteiger partial charge in [0.15, 0.2) is 5.75 Å². The number of rotatable bonds is 3. The molecule has 2 aromatic rings. The van der Waals surface area contributed by atoms with E-state index in [0.29, 0.717) is 30.5 Å². The lowest BCUT2D eigenvalue weighted by molar-refractivity contribution is -0.385. The summed E-state index contributed by atoms with van der Waals surface area (Å²) in [6.45, 7) is 1.03. The molecule has 1 aliphatic heterocycles. The fourth-order valence-electron chi connectivity index (χ4n) is 2.06. The maximum Gasteiger partial charge on any atom is 0.311 e. The lowest BCUT2D eigenvalue weighted by Gasteiger charge is -2.12. The zero-order valence-electron chi connectivity index (χ0n) is 10.3. The number of fused-ring (bicyclic) bond motifs is 1. The van der Waals surface area contributed by atoms with Gasteiger partial charge in [0, 0.05) is 23.9 Å². The molecule has 0 unspecified atom stereocenters. The fraction of sp³-hybridized carbons (Fsp3) is 0.333. The highest BCUT2D eigenvalue weighted by atomic mass is 35.5. The minimum absolute atomic E-state index is 0.152. The van der Waals surface area contributed by atoms with Crippen molar-refractivity contribution in [1.82, 2.24) is 9.97 Å². The third-order valence-corrected chi connectivity index (χ3v) is 3.35. The van der Waals surface area contributed by atoms with Crippen LogP contribution in [0.1, 0.15) is 6.42 Å². The number of nitrogens with zero attached hydrogens (tertiary/aromatic N) is 3. The van der Waals surface area contributed by atoms with Gasteiger partial charge in [0.2, 0.25) is 0 Å². The molecular weight excluding hydrogens is 286 g/mol. The summed E-state index contributed by atoms with van der Waals surface area (Å²) in [7, 11) is 0. The smallest absolute Gasteiger partial charge is 0.311 e. The van der Waals surface area contributed by atoms with Gasteiger partial charge >= 0.3 is 5.69 Å². The van der Waals surface area contributed by atoms with E-state index in [1.165, 1.54) is 18.5 Å². The molecule has 0 bridgehead atoms. The number of hydrogen-bond acceptors (Lipinski definition) is 6. The van der Waals surface area contributed by atoms with E-state index in [1.807, 2.05) is 0 Å². The van der Waals surface area contributed by atoms with Crippen LogP contribution in [0.15, 0.2) is 18.5 Å². The summed E-state index contributed by atoms with van der Waals surface area (Å²) >= 11 is 5.92. The Morgan fingerprint density at radius 3 is 3.00 bits per heavy atom. The maximum atomic E-state index is 11.2. The Balaban J connectivity index is 2.08. The van der Waals surface area contributed by atoms with E-state index in [4.69, 9.17) is 21.1 Å². The molecule has 104 valence electrons. The first kappa shape index (κ1) is 13.0. The molecule has 1 aromatic carbocycles. The van der Waals surface area contributed by atoms with E-state index in [2.05, 4.69) is 9.97 Å².